The normalized spacial score (nSPS) is 9.67. The molecule has 0 bridgehead atoms. The van der Waals surface area contributed by atoms with E-state index in [1.54, 1.807) is 0 Å². The predicted molar refractivity (Wildman–Crippen MR) is 77.5 cm³/mol. The summed E-state index contributed by atoms with van der Waals surface area (Å²) < 4.78 is 0. The van der Waals surface area contributed by atoms with Crippen molar-refractivity contribution in [2.45, 2.75) is 33.1 Å². The first-order valence-electron chi connectivity index (χ1n) is 6.18. The molecule has 0 aliphatic rings. The molecule has 0 aromatic heterocycles. The summed E-state index contributed by atoms with van der Waals surface area (Å²) >= 11 is 0. The van der Waals surface area contributed by atoms with Crippen molar-refractivity contribution in [3.05, 3.63) is 54.1 Å². The van der Waals surface area contributed by atoms with Gasteiger partial charge in [-0.05, 0) is 18.9 Å². The predicted octanol–water partition coefficient (Wildman–Crippen LogP) is 4.54. The second-order valence-corrected chi connectivity index (χ2v) is 4.04. The largest absolute Gasteiger partial charge is 0.478 e. The fraction of sp³-hybridized carbons (Fsp3) is 0.312. The lowest BCUT2D eigenvalue weighted by Crippen LogP contribution is -1.92. The van der Waals surface area contributed by atoms with Gasteiger partial charge >= 0.3 is 5.97 Å². The fourth-order valence-electron chi connectivity index (χ4n) is 1.11. The fourth-order valence-corrected chi connectivity index (χ4v) is 1.11. The second-order valence-electron chi connectivity index (χ2n) is 4.04. The third-order valence-corrected chi connectivity index (χ3v) is 2.20. The maximum atomic E-state index is 9.60. The van der Waals surface area contributed by atoms with Gasteiger partial charge in [0.15, 0.2) is 0 Å². The second kappa shape index (κ2) is 10.3. The van der Waals surface area contributed by atoms with E-state index in [1.165, 1.54) is 31.7 Å². The Labute approximate surface area is 110 Å². The van der Waals surface area contributed by atoms with Gasteiger partial charge in [0, 0.05) is 5.57 Å². The number of carboxylic acids is 1. The van der Waals surface area contributed by atoms with Crippen molar-refractivity contribution in [3.63, 3.8) is 0 Å². The molecule has 2 nitrogen and oxygen atoms in total. The molecule has 0 spiro atoms. The summed E-state index contributed by atoms with van der Waals surface area (Å²) in [6.07, 6.45) is 8.21. The first-order valence-corrected chi connectivity index (χ1v) is 6.18. The number of carboxylic acid groups (broad SMARTS) is 1. The Kier molecular flexibility index (Phi) is 9.28. The van der Waals surface area contributed by atoms with E-state index in [9.17, 15) is 4.79 Å². The van der Waals surface area contributed by atoms with Gasteiger partial charge in [0.1, 0.15) is 0 Å². The van der Waals surface area contributed by atoms with Crippen LogP contribution in [0.15, 0.2) is 48.6 Å². The van der Waals surface area contributed by atoms with Crippen LogP contribution in [0, 0.1) is 0 Å². The number of benzene rings is 1. The highest BCUT2D eigenvalue weighted by Gasteiger charge is 1.90. The van der Waals surface area contributed by atoms with E-state index >= 15 is 0 Å². The van der Waals surface area contributed by atoms with E-state index < -0.39 is 5.97 Å². The highest BCUT2D eigenvalue weighted by molar-refractivity contribution is 5.84. The van der Waals surface area contributed by atoms with Gasteiger partial charge in [0.25, 0.3) is 0 Å². The monoisotopic (exact) mass is 246 g/mol. The molecular weight excluding hydrogens is 224 g/mol. The number of hydrogen-bond acceptors (Lipinski definition) is 1. The topological polar surface area (TPSA) is 37.3 Å². The van der Waals surface area contributed by atoms with Crippen molar-refractivity contribution in [1.29, 1.82) is 0 Å². The van der Waals surface area contributed by atoms with Crippen LogP contribution >= 0.6 is 0 Å². The number of rotatable bonds is 5. The maximum Gasteiger partial charge on any atom is 0.330 e. The number of hydrogen-bond donors (Lipinski definition) is 1. The first-order chi connectivity index (χ1) is 8.57. The molecule has 0 atom stereocenters. The maximum absolute atomic E-state index is 9.60. The Morgan fingerprint density at radius 1 is 1.33 bits per heavy atom. The zero-order valence-corrected chi connectivity index (χ0v) is 11.2. The van der Waals surface area contributed by atoms with E-state index in [0.717, 1.165) is 0 Å². The van der Waals surface area contributed by atoms with Gasteiger partial charge in [0.2, 0.25) is 0 Å². The van der Waals surface area contributed by atoms with Crippen LogP contribution in [-0.2, 0) is 4.79 Å². The number of allylic oxidation sites excluding steroid dienone is 1. The zero-order chi connectivity index (χ0) is 13.8. The summed E-state index contributed by atoms with van der Waals surface area (Å²) in [7, 11) is 0. The highest BCUT2D eigenvalue weighted by atomic mass is 16.4. The summed E-state index contributed by atoms with van der Waals surface area (Å²) in [6.45, 7) is 6.82. The molecule has 0 heterocycles. The summed E-state index contributed by atoms with van der Waals surface area (Å²) in [5.41, 5.74) is 1.48. The molecule has 1 aromatic carbocycles. The van der Waals surface area contributed by atoms with Crippen molar-refractivity contribution < 1.29 is 9.90 Å². The minimum Gasteiger partial charge on any atom is -0.478 e. The molecule has 0 radical (unpaired) electrons. The van der Waals surface area contributed by atoms with Gasteiger partial charge in [-0.15, -0.1) is 0 Å². The van der Waals surface area contributed by atoms with E-state index in [0.29, 0.717) is 0 Å². The van der Waals surface area contributed by atoms with Crippen molar-refractivity contribution in [2.24, 2.45) is 0 Å². The summed E-state index contributed by atoms with van der Waals surface area (Å²) in [5, 5.41) is 7.89. The highest BCUT2D eigenvalue weighted by Crippen LogP contribution is 2.03. The van der Waals surface area contributed by atoms with E-state index in [4.69, 9.17) is 5.11 Å². The molecule has 0 unspecified atom stereocenters. The van der Waals surface area contributed by atoms with Crippen molar-refractivity contribution in [3.8, 4) is 0 Å². The molecule has 1 N–H and O–H groups in total. The molecule has 1 aromatic rings. The van der Waals surface area contributed by atoms with Crippen molar-refractivity contribution >= 4 is 12.0 Å². The lowest BCUT2D eigenvalue weighted by Gasteiger charge is -1.91. The average molecular weight is 246 g/mol. The Morgan fingerprint density at radius 3 is 2.33 bits per heavy atom. The van der Waals surface area contributed by atoms with E-state index in [-0.39, 0.29) is 5.57 Å². The Balaban J connectivity index is 0.000000411. The van der Waals surface area contributed by atoms with Crippen molar-refractivity contribution in [2.75, 3.05) is 0 Å². The molecule has 0 amide bonds. The van der Waals surface area contributed by atoms with Gasteiger partial charge in [-0.1, -0.05) is 68.8 Å². The van der Waals surface area contributed by atoms with Crippen LogP contribution in [0.25, 0.3) is 6.08 Å². The molecule has 0 aliphatic heterocycles. The number of unbranched alkanes of at least 4 members (excludes halogenated alkanes) is 2. The SMILES string of the molecule is C=C(C)C(=O)O.CCCCC=Cc1ccccc1. The van der Waals surface area contributed by atoms with Crippen LogP contribution < -0.4 is 0 Å². The minimum absolute atomic E-state index is 0.176. The summed E-state index contributed by atoms with van der Waals surface area (Å²) in [5.74, 6) is -0.935. The van der Waals surface area contributed by atoms with Crippen LogP contribution in [0.2, 0.25) is 0 Å². The molecule has 0 fully saturated rings. The minimum atomic E-state index is -0.935. The quantitative estimate of drug-likeness (QED) is 0.612. The van der Waals surface area contributed by atoms with Gasteiger partial charge in [-0.25, -0.2) is 4.79 Å². The van der Waals surface area contributed by atoms with E-state index in [1.807, 2.05) is 6.07 Å². The third kappa shape index (κ3) is 9.40. The van der Waals surface area contributed by atoms with Crippen LogP contribution in [-0.4, -0.2) is 11.1 Å². The Bertz CT molecular complexity index is 365. The standard InChI is InChI=1S/C12H16.C4H6O2/c1-2-3-4-6-9-12-10-7-5-8-11-12;1-3(2)4(5)6/h5-11H,2-4H2,1H3;1H2,2H3,(H,5,6). The number of carbonyl (C=O) groups is 1. The molecular formula is C16H22O2. The summed E-state index contributed by atoms with van der Waals surface area (Å²) in [6, 6.07) is 10.4. The zero-order valence-electron chi connectivity index (χ0n) is 11.2. The Hall–Kier alpha value is -1.83. The molecule has 0 saturated heterocycles. The van der Waals surface area contributed by atoms with Gasteiger partial charge in [0.05, 0.1) is 0 Å². The van der Waals surface area contributed by atoms with E-state index in [2.05, 4.69) is 49.9 Å². The molecule has 0 aliphatic carbocycles. The van der Waals surface area contributed by atoms with Crippen molar-refractivity contribution in [1.82, 2.24) is 0 Å². The molecule has 18 heavy (non-hydrogen) atoms. The average Bonchev–Trinajstić information content (AvgIpc) is 2.36. The smallest absolute Gasteiger partial charge is 0.330 e. The third-order valence-electron chi connectivity index (χ3n) is 2.20. The summed E-state index contributed by atoms with van der Waals surface area (Å²) in [4.78, 5) is 9.60. The van der Waals surface area contributed by atoms with Crippen LogP contribution in [0.1, 0.15) is 38.7 Å². The first kappa shape index (κ1) is 16.2. The molecule has 98 valence electrons. The molecule has 0 saturated carbocycles. The van der Waals surface area contributed by atoms with Crippen LogP contribution in [0.4, 0.5) is 0 Å². The van der Waals surface area contributed by atoms with Gasteiger partial charge in [-0.3, -0.25) is 0 Å². The number of aliphatic carboxylic acids is 1. The van der Waals surface area contributed by atoms with Crippen LogP contribution in [0.3, 0.4) is 0 Å². The van der Waals surface area contributed by atoms with Gasteiger partial charge in [-0.2, -0.15) is 0 Å². The molecule has 1 rings (SSSR count). The van der Waals surface area contributed by atoms with Crippen LogP contribution in [0.5, 0.6) is 0 Å². The lowest BCUT2D eigenvalue weighted by atomic mass is 10.2. The molecule has 2 heteroatoms. The Morgan fingerprint density at radius 2 is 1.89 bits per heavy atom. The van der Waals surface area contributed by atoms with Gasteiger partial charge < -0.3 is 5.11 Å². The lowest BCUT2D eigenvalue weighted by molar-refractivity contribution is -0.132.